The molecular formula is C6H6N4O. The van der Waals surface area contributed by atoms with Crippen LogP contribution in [0.2, 0.25) is 0 Å². The van der Waals surface area contributed by atoms with E-state index in [4.69, 9.17) is 5.73 Å². The number of imidazole rings is 1. The van der Waals surface area contributed by atoms with E-state index < -0.39 is 0 Å². The van der Waals surface area contributed by atoms with Gasteiger partial charge in [-0.3, -0.25) is 9.20 Å². The van der Waals surface area contributed by atoms with E-state index in [0.29, 0.717) is 5.78 Å². The summed E-state index contributed by atoms with van der Waals surface area (Å²) in [5.74, 6) is 0.504. The van der Waals surface area contributed by atoms with Crippen molar-refractivity contribution in [2.24, 2.45) is 0 Å². The molecule has 0 amide bonds. The van der Waals surface area contributed by atoms with E-state index in [0.717, 1.165) is 0 Å². The maximum Gasteiger partial charge on any atom is 0.282 e. The fourth-order valence-corrected chi connectivity index (χ4v) is 0.915. The zero-order chi connectivity index (χ0) is 7.84. The van der Waals surface area contributed by atoms with Crippen molar-refractivity contribution in [1.82, 2.24) is 14.4 Å². The Kier molecular flexibility index (Phi) is 1.00. The normalized spacial score (nSPS) is 10.5. The lowest BCUT2D eigenvalue weighted by Gasteiger charge is -1.91. The van der Waals surface area contributed by atoms with E-state index in [1.54, 1.807) is 12.4 Å². The molecule has 0 fully saturated rings. The molecule has 0 aliphatic carbocycles. The van der Waals surface area contributed by atoms with E-state index in [1.807, 2.05) is 0 Å². The van der Waals surface area contributed by atoms with Gasteiger partial charge >= 0.3 is 0 Å². The van der Waals surface area contributed by atoms with Gasteiger partial charge in [0.15, 0.2) is 0 Å². The first-order valence-corrected chi connectivity index (χ1v) is 3.09. The second-order valence-corrected chi connectivity index (χ2v) is 2.17. The average molecular weight is 150 g/mol. The third-order valence-electron chi connectivity index (χ3n) is 1.46. The second-order valence-electron chi connectivity index (χ2n) is 2.17. The minimum absolute atomic E-state index is 0.155. The van der Waals surface area contributed by atoms with E-state index in [2.05, 4.69) is 9.97 Å². The Morgan fingerprint density at radius 1 is 1.64 bits per heavy atom. The highest BCUT2D eigenvalue weighted by molar-refractivity contribution is 5.38. The van der Waals surface area contributed by atoms with Crippen molar-refractivity contribution in [3.8, 4) is 0 Å². The van der Waals surface area contributed by atoms with E-state index in [9.17, 15) is 4.79 Å². The van der Waals surface area contributed by atoms with Gasteiger partial charge in [0.05, 0.1) is 6.20 Å². The molecule has 3 N–H and O–H groups in total. The number of rotatable bonds is 0. The van der Waals surface area contributed by atoms with Crippen molar-refractivity contribution in [3.63, 3.8) is 0 Å². The number of fused-ring (bicyclic) bond motifs is 1. The summed E-state index contributed by atoms with van der Waals surface area (Å²) >= 11 is 0. The van der Waals surface area contributed by atoms with Gasteiger partial charge in [-0.05, 0) is 0 Å². The second kappa shape index (κ2) is 1.85. The summed E-state index contributed by atoms with van der Waals surface area (Å²) in [6.45, 7) is 0. The number of hydrogen-bond acceptors (Lipinski definition) is 3. The van der Waals surface area contributed by atoms with Crippen LogP contribution in [0.15, 0.2) is 23.4 Å². The molecule has 0 radical (unpaired) electrons. The van der Waals surface area contributed by atoms with Crippen LogP contribution in [0.4, 0.5) is 5.69 Å². The first-order valence-electron chi connectivity index (χ1n) is 3.09. The van der Waals surface area contributed by atoms with Gasteiger partial charge in [0.25, 0.3) is 5.56 Å². The molecule has 5 heteroatoms. The number of H-pyrrole nitrogens is 1. The maximum absolute atomic E-state index is 11.2. The molecule has 2 aromatic heterocycles. The van der Waals surface area contributed by atoms with Crippen LogP contribution in [0.3, 0.4) is 0 Å². The molecule has 0 unspecified atom stereocenters. The lowest BCUT2D eigenvalue weighted by atomic mass is 10.5. The zero-order valence-electron chi connectivity index (χ0n) is 5.61. The van der Waals surface area contributed by atoms with Crippen LogP contribution in [-0.2, 0) is 0 Å². The molecule has 0 aromatic carbocycles. The molecule has 2 heterocycles. The summed E-state index contributed by atoms with van der Waals surface area (Å²) in [7, 11) is 0. The Balaban J connectivity index is 3.05. The quantitative estimate of drug-likeness (QED) is 0.536. The van der Waals surface area contributed by atoms with Crippen LogP contribution >= 0.6 is 0 Å². The van der Waals surface area contributed by atoms with Crippen LogP contribution in [0.25, 0.3) is 5.78 Å². The fraction of sp³-hybridized carbons (Fsp3) is 0. The van der Waals surface area contributed by atoms with Crippen molar-refractivity contribution in [1.29, 1.82) is 0 Å². The standard InChI is InChI=1S/C6H6N4O/c7-4-3-9-6-8-1-2-10(6)5(4)11/h1-3H,7H2,(H,8,9). The Morgan fingerprint density at radius 3 is 3.27 bits per heavy atom. The van der Waals surface area contributed by atoms with Crippen molar-refractivity contribution in [2.45, 2.75) is 0 Å². The van der Waals surface area contributed by atoms with Gasteiger partial charge in [0, 0.05) is 12.4 Å². The van der Waals surface area contributed by atoms with Gasteiger partial charge in [-0.25, -0.2) is 4.98 Å². The molecule has 0 atom stereocenters. The molecule has 0 saturated carbocycles. The highest BCUT2D eigenvalue weighted by Crippen LogP contribution is 1.93. The molecule has 0 bridgehead atoms. The van der Waals surface area contributed by atoms with E-state index >= 15 is 0 Å². The maximum atomic E-state index is 11.2. The number of nitrogens with two attached hydrogens (primary N) is 1. The van der Waals surface area contributed by atoms with Crippen LogP contribution in [0.5, 0.6) is 0 Å². The van der Waals surface area contributed by atoms with Crippen LogP contribution in [0.1, 0.15) is 0 Å². The molecule has 0 aliphatic heterocycles. The highest BCUT2D eigenvalue weighted by Gasteiger charge is 1.99. The van der Waals surface area contributed by atoms with Gasteiger partial charge < -0.3 is 10.7 Å². The molecule has 2 rings (SSSR count). The third-order valence-corrected chi connectivity index (χ3v) is 1.46. The number of nitrogen functional groups attached to an aromatic ring is 1. The highest BCUT2D eigenvalue weighted by atomic mass is 16.1. The molecular weight excluding hydrogens is 144 g/mol. The first-order chi connectivity index (χ1) is 5.29. The predicted octanol–water partition coefficient (Wildman–Crippen LogP) is -0.395. The third kappa shape index (κ3) is 0.706. The fourth-order valence-electron chi connectivity index (χ4n) is 0.915. The summed E-state index contributed by atoms with van der Waals surface area (Å²) in [6.07, 6.45) is 4.55. The Labute approximate surface area is 61.5 Å². The number of aromatic amines is 1. The number of nitrogens with zero attached hydrogens (tertiary/aromatic N) is 2. The average Bonchev–Trinajstić information content (AvgIpc) is 2.45. The molecule has 5 nitrogen and oxygen atoms in total. The Morgan fingerprint density at radius 2 is 2.45 bits per heavy atom. The van der Waals surface area contributed by atoms with Crippen molar-refractivity contribution in [2.75, 3.05) is 5.73 Å². The van der Waals surface area contributed by atoms with Gasteiger partial charge in [-0.1, -0.05) is 0 Å². The minimum Gasteiger partial charge on any atom is -0.393 e. The molecule has 0 aliphatic rings. The number of anilines is 1. The summed E-state index contributed by atoms with van der Waals surface area (Å²) in [6, 6.07) is 0. The summed E-state index contributed by atoms with van der Waals surface area (Å²) in [5.41, 5.74) is 5.25. The lowest BCUT2D eigenvalue weighted by Crippen LogP contribution is -2.16. The summed E-state index contributed by atoms with van der Waals surface area (Å²) in [4.78, 5) is 17.8. The molecule has 0 spiro atoms. The molecule has 2 aromatic rings. The van der Waals surface area contributed by atoms with E-state index in [-0.39, 0.29) is 11.2 Å². The molecule has 11 heavy (non-hydrogen) atoms. The van der Waals surface area contributed by atoms with Crippen molar-refractivity contribution in [3.05, 3.63) is 28.9 Å². The number of hydrogen-bond donors (Lipinski definition) is 2. The first kappa shape index (κ1) is 5.96. The summed E-state index contributed by atoms with van der Waals surface area (Å²) < 4.78 is 1.36. The SMILES string of the molecule is Nc1cnc2[nH]ccn2c1=O. The number of nitrogens with one attached hydrogen (secondary N) is 1. The Hall–Kier alpha value is -1.78. The predicted molar refractivity (Wildman–Crippen MR) is 40.2 cm³/mol. The van der Waals surface area contributed by atoms with Gasteiger partial charge in [0.1, 0.15) is 5.69 Å². The Bertz CT molecular complexity index is 441. The van der Waals surface area contributed by atoms with Crippen LogP contribution in [0, 0.1) is 0 Å². The molecule has 56 valence electrons. The van der Waals surface area contributed by atoms with Crippen LogP contribution < -0.4 is 11.3 Å². The lowest BCUT2D eigenvalue weighted by molar-refractivity contribution is 1.06. The zero-order valence-corrected chi connectivity index (χ0v) is 5.61. The monoisotopic (exact) mass is 150 g/mol. The molecule has 0 saturated heterocycles. The topological polar surface area (TPSA) is 76.2 Å². The van der Waals surface area contributed by atoms with Gasteiger partial charge in [-0.2, -0.15) is 0 Å². The van der Waals surface area contributed by atoms with Crippen molar-refractivity contribution >= 4 is 11.5 Å². The summed E-state index contributed by atoms with van der Waals surface area (Å²) in [5, 5.41) is 0. The van der Waals surface area contributed by atoms with Gasteiger partial charge in [-0.15, -0.1) is 0 Å². The van der Waals surface area contributed by atoms with Gasteiger partial charge in [0.2, 0.25) is 5.78 Å². The van der Waals surface area contributed by atoms with E-state index in [1.165, 1.54) is 10.6 Å². The van der Waals surface area contributed by atoms with Crippen LogP contribution in [-0.4, -0.2) is 14.4 Å². The minimum atomic E-state index is -0.240. The smallest absolute Gasteiger partial charge is 0.282 e. The number of aromatic nitrogens is 3. The van der Waals surface area contributed by atoms with Crippen molar-refractivity contribution < 1.29 is 0 Å². The largest absolute Gasteiger partial charge is 0.393 e.